The number of sulfonamides is 1. The molecule has 2 aromatic rings. The molecule has 0 bridgehead atoms. The molecule has 0 saturated carbocycles. The largest absolute Gasteiger partial charge is 0.507 e. The fourth-order valence-electron chi connectivity index (χ4n) is 5.17. The second kappa shape index (κ2) is 11.1. The number of carbonyl (C=O) groups is 1. The van der Waals surface area contributed by atoms with Crippen LogP contribution in [0.3, 0.4) is 0 Å². The fourth-order valence-corrected chi connectivity index (χ4v) is 5.79. The molecule has 1 unspecified atom stereocenters. The molecule has 3 rings (SSSR count). The highest BCUT2D eigenvalue weighted by Gasteiger charge is 2.34. The molecule has 38 heavy (non-hydrogen) atoms. The number of phenols is 1. The Kier molecular flexibility index (Phi) is 8.71. The summed E-state index contributed by atoms with van der Waals surface area (Å²) < 4.78 is 27.6. The molecule has 208 valence electrons. The van der Waals surface area contributed by atoms with Crippen molar-refractivity contribution in [3.63, 3.8) is 0 Å². The van der Waals surface area contributed by atoms with Crippen molar-refractivity contribution in [3.8, 4) is 5.75 Å². The number of aromatic hydroxyl groups is 1. The molecular formula is C31H44N2O4S. The van der Waals surface area contributed by atoms with Crippen molar-refractivity contribution < 1.29 is 18.3 Å². The highest BCUT2D eigenvalue weighted by Crippen LogP contribution is 2.40. The second-order valence-electron chi connectivity index (χ2n) is 12.6. The quantitative estimate of drug-likeness (QED) is 0.387. The molecular weight excluding hydrogens is 496 g/mol. The van der Waals surface area contributed by atoms with Gasteiger partial charge in [0.25, 0.3) is 0 Å². The van der Waals surface area contributed by atoms with Crippen molar-refractivity contribution in [1.29, 1.82) is 0 Å². The number of nitrogens with zero attached hydrogens (tertiary/aromatic N) is 1. The van der Waals surface area contributed by atoms with Crippen LogP contribution in [0.4, 0.5) is 0 Å². The molecule has 1 heterocycles. The van der Waals surface area contributed by atoms with Crippen LogP contribution in [-0.4, -0.2) is 43.6 Å². The van der Waals surface area contributed by atoms with E-state index in [1.54, 1.807) is 12.1 Å². The third-order valence-electron chi connectivity index (χ3n) is 7.09. The van der Waals surface area contributed by atoms with Crippen molar-refractivity contribution in [1.82, 2.24) is 9.62 Å². The van der Waals surface area contributed by atoms with Gasteiger partial charge in [0.05, 0.1) is 12.8 Å². The summed E-state index contributed by atoms with van der Waals surface area (Å²) in [6.45, 7) is 14.9. The van der Waals surface area contributed by atoms with Gasteiger partial charge >= 0.3 is 0 Å². The van der Waals surface area contributed by atoms with Crippen molar-refractivity contribution >= 4 is 15.8 Å². The maximum absolute atomic E-state index is 13.8. The molecule has 0 amide bonds. The monoisotopic (exact) mass is 540 g/mol. The first-order chi connectivity index (χ1) is 17.5. The van der Waals surface area contributed by atoms with Crippen LogP contribution in [-0.2, 0) is 27.3 Å². The number of rotatable bonds is 9. The number of Topliss-reactive ketones (excluding diaryl/α,β-unsaturated/α-hetero) is 1. The summed E-state index contributed by atoms with van der Waals surface area (Å²) in [5.74, 6) is 0.793. The van der Waals surface area contributed by atoms with Gasteiger partial charge in [0.15, 0.2) is 5.78 Å². The minimum atomic E-state index is -3.56. The van der Waals surface area contributed by atoms with Crippen LogP contribution >= 0.6 is 0 Å². The van der Waals surface area contributed by atoms with E-state index in [4.69, 9.17) is 0 Å². The smallest absolute Gasteiger partial charge is 0.230 e. The Morgan fingerprint density at radius 1 is 1.03 bits per heavy atom. The van der Waals surface area contributed by atoms with E-state index in [1.165, 1.54) is 0 Å². The normalized spacial score (nSPS) is 16.7. The third-order valence-corrected chi connectivity index (χ3v) is 7.66. The molecule has 0 fully saturated rings. The molecule has 0 aromatic heterocycles. The molecule has 0 aliphatic carbocycles. The molecule has 1 aliphatic heterocycles. The summed E-state index contributed by atoms with van der Waals surface area (Å²) in [5, 5.41) is 11.1. The number of phenolic OH excluding ortho intramolecular Hbond substituents is 1. The zero-order valence-electron chi connectivity index (χ0n) is 24.2. The summed E-state index contributed by atoms with van der Waals surface area (Å²) in [5.41, 5.74) is 3.40. The van der Waals surface area contributed by atoms with Crippen LogP contribution < -0.4 is 4.72 Å². The Labute approximate surface area is 229 Å². The van der Waals surface area contributed by atoms with Gasteiger partial charge in [-0.25, -0.2) is 8.42 Å². The zero-order chi connectivity index (χ0) is 28.5. The summed E-state index contributed by atoms with van der Waals surface area (Å²) in [6, 6.07) is 13.6. The van der Waals surface area contributed by atoms with Gasteiger partial charge in [-0.05, 0) is 46.9 Å². The molecule has 2 aromatic carbocycles. The summed E-state index contributed by atoms with van der Waals surface area (Å²) in [6.07, 6.45) is 3.64. The molecule has 1 atom stereocenters. The average Bonchev–Trinajstić information content (AvgIpc) is 3.07. The van der Waals surface area contributed by atoms with Crippen LogP contribution in [0.2, 0.25) is 0 Å². The van der Waals surface area contributed by atoms with E-state index in [-0.39, 0.29) is 34.8 Å². The predicted octanol–water partition coefficient (Wildman–Crippen LogP) is 5.91. The Morgan fingerprint density at radius 3 is 2.05 bits per heavy atom. The number of ketones is 1. The highest BCUT2D eigenvalue weighted by atomic mass is 32.2. The number of benzene rings is 2. The Balaban J connectivity index is 2.06. The van der Waals surface area contributed by atoms with Crippen LogP contribution in [0.15, 0.2) is 53.9 Å². The maximum Gasteiger partial charge on any atom is 0.230 e. The summed E-state index contributed by atoms with van der Waals surface area (Å²) in [7, 11) is -3.56. The first kappa shape index (κ1) is 29.8. The van der Waals surface area contributed by atoms with E-state index < -0.39 is 10.0 Å². The average molecular weight is 541 g/mol. The van der Waals surface area contributed by atoms with Gasteiger partial charge in [0.2, 0.25) is 10.0 Å². The molecule has 2 N–H and O–H groups in total. The van der Waals surface area contributed by atoms with Crippen molar-refractivity contribution in [2.45, 2.75) is 78.6 Å². The first-order valence-corrected chi connectivity index (χ1v) is 15.3. The van der Waals surface area contributed by atoms with Crippen molar-refractivity contribution in [2.24, 2.45) is 5.92 Å². The lowest BCUT2D eigenvalue weighted by molar-refractivity contribution is 0.0948. The topological polar surface area (TPSA) is 86.7 Å². The van der Waals surface area contributed by atoms with Crippen LogP contribution in [0, 0.1) is 5.92 Å². The lowest BCUT2D eigenvalue weighted by Crippen LogP contribution is -2.36. The van der Waals surface area contributed by atoms with Crippen LogP contribution in [0.25, 0.3) is 0 Å². The Hall–Kier alpha value is -2.80. The molecule has 0 saturated heterocycles. The van der Waals surface area contributed by atoms with Gasteiger partial charge in [-0.2, -0.15) is 0 Å². The minimum Gasteiger partial charge on any atom is -0.507 e. The number of hydrogen-bond donors (Lipinski definition) is 2. The minimum absolute atomic E-state index is 0.0499. The lowest BCUT2D eigenvalue weighted by Gasteiger charge is -2.28. The molecule has 0 radical (unpaired) electrons. The van der Waals surface area contributed by atoms with Gasteiger partial charge in [-0.15, -0.1) is 0 Å². The van der Waals surface area contributed by atoms with Crippen molar-refractivity contribution in [2.75, 3.05) is 19.3 Å². The lowest BCUT2D eigenvalue weighted by atomic mass is 9.78. The van der Waals surface area contributed by atoms with E-state index >= 15 is 0 Å². The molecule has 7 heteroatoms. The molecule has 0 spiro atoms. The van der Waals surface area contributed by atoms with Crippen LogP contribution in [0.1, 0.15) is 88.4 Å². The molecule has 6 nitrogen and oxygen atoms in total. The SMILES string of the molecule is CCCC1CN(CC(=O)c2cc(C(C)(C)C)c(O)c(C(C)(C)C)c2)C(NS(C)(=O)=O)=C1Cc1ccccc1. The first-order valence-electron chi connectivity index (χ1n) is 13.4. The summed E-state index contributed by atoms with van der Waals surface area (Å²) >= 11 is 0. The van der Waals surface area contributed by atoms with E-state index in [0.717, 1.165) is 41.4 Å². The zero-order valence-corrected chi connectivity index (χ0v) is 25.0. The predicted molar refractivity (Wildman–Crippen MR) is 155 cm³/mol. The second-order valence-corrected chi connectivity index (χ2v) is 14.4. The Morgan fingerprint density at radius 2 is 1.58 bits per heavy atom. The molecule has 1 aliphatic rings. The van der Waals surface area contributed by atoms with Gasteiger partial charge in [0, 0.05) is 29.2 Å². The van der Waals surface area contributed by atoms with E-state index in [2.05, 4.69) is 11.6 Å². The summed E-state index contributed by atoms with van der Waals surface area (Å²) in [4.78, 5) is 15.7. The third kappa shape index (κ3) is 7.19. The van der Waals surface area contributed by atoms with Crippen LogP contribution in [0.5, 0.6) is 5.75 Å². The van der Waals surface area contributed by atoms with Gasteiger partial charge < -0.3 is 10.0 Å². The van der Waals surface area contributed by atoms with E-state index in [0.29, 0.717) is 24.4 Å². The maximum atomic E-state index is 13.8. The van der Waals surface area contributed by atoms with E-state index in [9.17, 15) is 18.3 Å². The highest BCUT2D eigenvalue weighted by molar-refractivity contribution is 7.88. The van der Waals surface area contributed by atoms with E-state index in [1.807, 2.05) is 76.8 Å². The van der Waals surface area contributed by atoms with Gasteiger partial charge in [-0.1, -0.05) is 85.2 Å². The number of nitrogens with one attached hydrogen (secondary N) is 1. The Bertz CT molecular complexity index is 1260. The fraction of sp³-hybridized carbons (Fsp3) is 0.516. The van der Waals surface area contributed by atoms with Gasteiger partial charge in [-0.3, -0.25) is 9.52 Å². The van der Waals surface area contributed by atoms with Gasteiger partial charge in [0.1, 0.15) is 11.6 Å². The van der Waals surface area contributed by atoms with Crippen molar-refractivity contribution in [3.05, 3.63) is 76.1 Å². The number of hydrogen-bond acceptors (Lipinski definition) is 5. The number of carbonyl (C=O) groups excluding carboxylic acids is 1. The standard InChI is InChI=1S/C31H44N2O4S/c1-9-13-22-19-33(29(32-38(8,36)37)24(22)16-21-14-11-10-12-15-21)20-27(34)23-17-25(30(2,3)4)28(35)26(18-23)31(5,6)7/h10-12,14-15,17-18,22,32,35H,9,13,16,19-20H2,1-8H3.